The summed E-state index contributed by atoms with van der Waals surface area (Å²) in [6, 6.07) is 5.43. The average Bonchev–Trinajstić information content (AvgIpc) is 2.68. The summed E-state index contributed by atoms with van der Waals surface area (Å²) in [5.74, 6) is 0.0437. The van der Waals surface area contributed by atoms with Crippen molar-refractivity contribution < 1.29 is 9.13 Å². The first-order valence-electron chi connectivity index (χ1n) is 6.08. The van der Waals surface area contributed by atoms with Gasteiger partial charge in [-0.25, -0.2) is 4.39 Å². The van der Waals surface area contributed by atoms with Gasteiger partial charge < -0.3 is 10.5 Å². The van der Waals surface area contributed by atoms with E-state index < -0.39 is 0 Å². The van der Waals surface area contributed by atoms with Crippen LogP contribution < -0.4 is 10.5 Å². The minimum absolute atomic E-state index is 0.266. The van der Waals surface area contributed by atoms with E-state index in [9.17, 15) is 4.39 Å². The molecule has 94 valence electrons. The maximum Gasteiger partial charge on any atom is 0.165 e. The van der Waals surface area contributed by atoms with Crippen molar-refractivity contribution in [3.05, 3.63) is 29.6 Å². The third-order valence-electron chi connectivity index (χ3n) is 3.01. The molecular formula is C13H19FN2O. The third kappa shape index (κ3) is 3.17. The Labute approximate surface area is 101 Å². The number of benzene rings is 1. The van der Waals surface area contributed by atoms with Gasteiger partial charge >= 0.3 is 0 Å². The van der Waals surface area contributed by atoms with Gasteiger partial charge in [0.25, 0.3) is 0 Å². The molecule has 2 N–H and O–H groups in total. The first kappa shape index (κ1) is 12.3. The summed E-state index contributed by atoms with van der Waals surface area (Å²) < 4.78 is 18.8. The highest BCUT2D eigenvalue weighted by molar-refractivity contribution is 5.29. The Balaban J connectivity index is 1.99. The summed E-state index contributed by atoms with van der Waals surface area (Å²) in [6.45, 7) is 4.98. The maximum atomic E-state index is 13.6. The lowest BCUT2D eigenvalue weighted by Crippen LogP contribution is -2.26. The number of nitrogens with zero attached hydrogens (tertiary/aromatic N) is 1. The standard InChI is InChI=1S/C13H19FN2O/c1-2-17-13-4-3-10(7-12(13)14)8-16-6-5-11(15)9-16/h3-4,7,11H,2,5-6,8-9,15H2,1H3. The molecule has 1 aromatic carbocycles. The molecule has 1 aliphatic heterocycles. The van der Waals surface area contributed by atoms with Crippen LogP contribution in [-0.2, 0) is 6.54 Å². The predicted molar refractivity (Wildman–Crippen MR) is 65.4 cm³/mol. The molecule has 1 atom stereocenters. The van der Waals surface area contributed by atoms with E-state index >= 15 is 0 Å². The monoisotopic (exact) mass is 238 g/mol. The number of rotatable bonds is 4. The zero-order chi connectivity index (χ0) is 12.3. The minimum atomic E-state index is -0.284. The summed E-state index contributed by atoms with van der Waals surface area (Å²) in [4.78, 5) is 2.25. The molecule has 1 saturated heterocycles. The first-order valence-corrected chi connectivity index (χ1v) is 6.08. The van der Waals surface area contributed by atoms with Crippen LogP contribution in [0.25, 0.3) is 0 Å². The van der Waals surface area contributed by atoms with Crippen molar-refractivity contribution in [2.45, 2.75) is 25.9 Å². The molecule has 0 radical (unpaired) electrons. The summed E-state index contributed by atoms with van der Waals surface area (Å²) in [5, 5.41) is 0. The number of halogens is 1. The van der Waals surface area contributed by atoms with E-state index in [1.54, 1.807) is 12.1 Å². The summed E-state index contributed by atoms with van der Waals surface area (Å²) in [6.07, 6.45) is 1.03. The highest BCUT2D eigenvalue weighted by Crippen LogP contribution is 2.20. The summed E-state index contributed by atoms with van der Waals surface area (Å²) in [5.41, 5.74) is 6.81. The fourth-order valence-electron chi connectivity index (χ4n) is 2.18. The van der Waals surface area contributed by atoms with Crippen LogP contribution in [0.1, 0.15) is 18.9 Å². The van der Waals surface area contributed by atoms with E-state index in [1.807, 2.05) is 13.0 Å². The number of nitrogens with two attached hydrogens (primary N) is 1. The van der Waals surface area contributed by atoms with Crippen molar-refractivity contribution in [1.82, 2.24) is 4.90 Å². The Morgan fingerprint density at radius 1 is 1.53 bits per heavy atom. The van der Waals surface area contributed by atoms with E-state index in [2.05, 4.69) is 4.90 Å². The fraction of sp³-hybridized carbons (Fsp3) is 0.538. The summed E-state index contributed by atoms with van der Waals surface area (Å²) in [7, 11) is 0. The second kappa shape index (κ2) is 5.47. The van der Waals surface area contributed by atoms with Crippen LogP contribution in [-0.4, -0.2) is 30.6 Å². The van der Waals surface area contributed by atoms with Gasteiger partial charge in [-0.05, 0) is 31.0 Å². The Hall–Kier alpha value is -1.13. The Morgan fingerprint density at radius 3 is 2.94 bits per heavy atom. The van der Waals surface area contributed by atoms with Crippen molar-refractivity contribution in [2.75, 3.05) is 19.7 Å². The number of ether oxygens (including phenoxy) is 1. The molecule has 17 heavy (non-hydrogen) atoms. The van der Waals surface area contributed by atoms with E-state index in [1.165, 1.54) is 0 Å². The van der Waals surface area contributed by atoms with Crippen LogP contribution in [0, 0.1) is 5.82 Å². The normalized spacial score (nSPS) is 20.8. The van der Waals surface area contributed by atoms with Gasteiger partial charge in [0, 0.05) is 25.7 Å². The lowest BCUT2D eigenvalue weighted by atomic mass is 10.2. The van der Waals surface area contributed by atoms with Crippen LogP contribution in [0.15, 0.2) is 18.2 Å². The predicted octanol–water partition coefficient (Wildman–Crippen LogP) is 1.76. The van der Waals surface area contributed by atoms with E-state index in [0.717, 1.165) is 31.6 Å². The highest BCUT2D eigenvalue weighted by Gasteiger charge is 2.19. The molecule has 1 aliphatic rings. The molecule has 2 rings (SSSR count). The molecule has 0 aromatic heterocycles. The Kier molecular flexibility index (Phi) is 3.97. The zero-order valence-corrected chi connectivity index (χ0v) is 10.2. The Bertz CT molecular complexity index is 384. The molecule has 3 nitrogen and oxygen atoms in total. The second-order valence-corrected chi connectivity index (χ2v) is 4.48. The largest absolute Gasteiger partial charge is 0.491 e. The van der Waals surface area contributed by atoms with Crippen molar-refractivity contribution in [1.29, 1.82) is 0 Å². The van der Waals surface area contributed by atoms with Gasteiger partial charge in [-0.15, -0.1) is 0 Å². The smallest absolute Gasteiger partial charge is 0.165 e. The third-order valence-corrected chi connectivity index (χ3v) is 3.01. The van der Waals surface area contributed by atoms with Crippen LogP contribution >= 0.6 is 0 Å². The molecular weight excluding hydrogens is 219 g/mol. The molecule has 1 fully saturated rings. The molecule has 1 aromatic rings. The lowest BCUT2D eigenvalue weighted by molar-refractivity contribution is 0.315. The molecule has 0 bridgehead atoms. The molecule has 1 unspecified atom stereocenters. The van der Waals surface area contributed by atoms with Crippen molar-refractivity contribution in [2.24, 2.45) is 5.73 Å². The maximum absolute atomic E-state index is 13.6. The molecule has 0 saturated carbocycles. The molecule has 4 heteroatoms. The highest BCUT2D eigenvalue weighted by atomic mass is 19.1. The van der Waals surface area contributed by atoms with Crippen LogP contribution in [0.2, 0.25) is 0 Å². The van der Waals surface area contributed by atoms with Gasteiger partial charge in [-0.2, -0.15) is 0 Å². The number of hydrogen-bond acceptors (Lipinski definition) is 3. The first-order chi connectivity index (χ1) is 8.19. The van der Waals surface area contributed by atoms with Crippen molar-refractivity contribution in [3.8, 4) is 5.75 Å². The van der Waals surface area contributed by atoms with E-state index in [0.29, 0.717) is 12.4 Å². The Morgan fingerprint density at radius 2 is 2.35 bits per heavy atom. The van der Waals surface area contributed by atoms with Crippen LogP contribution in [0.3, 0.4) is 0 Å². The van der Waals surface area contributed by atoms with Gasteiger partial charge in [-0.1, -0.05) is 6.07 Å². The molecule has 0 amide bonds. The molecule has 0 aliphatic carbocycles. The SMILES string of the molecule is CCOc1ccc(CN2CCC(N)C2)cc1F. The van der Waals surface area contributed by atoms with Crippen molar-refractivity contribution in [3.63, 3.8) is 0 Å². The van der Waals surface area contributed by atoms with Gasteiger partial charge in [-0.3, -0.25) is 4.90 Å². The van der Waals surface area contributed by atoms with Gasteiger partial charge in [0.15, 0.2) is 11.6 Å². The van der Waals surface area contributed by atoms with E-state index in [-0.39, 0.29) is 11.9 Å². The average molecular weight is 238 g/mol. The minimum Gasteiger partial charge on any atom is -0.491 e. The van der Waals surface area contributed by atoms with Gasteiger partial charge in [0.05, 0.1) is 6.61 Å². The van der Waals surface area contributed by atoms with Crippen molar-refractivity contribution >= 4 is 0 Å². The number of hydrogen-bond donors (Lipinski definition) is 1. The fourth-order valence-corrected chi connectivity index (χ4v) is 2.18. The van der Waals surface area contributed by atoms with Gasteiger partial charge in [0.1, 0.15) is 0 Å². The summed E-state index contributed by atoms with van der Waals surface area (Å²) >= 11 is 0. The van der Waals surface area contributed by atoms with Gasteiger partial charge in [0.2, 0.25) is 0 Å². The zero-order valence-electron chi connectivity index (χ0n) is 10.2. The quantitative estimate of drug-likeness (QED) is 0.868. The lowest BCUT2D eigenvalue weighted by Gasteiger charge is -2.15. The molecule has 1 heterocycles. The second-order valence-electron chi connectivity index (χ2n) is 4.48. The van der Waals surface area contributed by atoms with Crippen LogP contribution in [0.5, 0.6) is 5.75 Å². The molecule has 0 spiro atoms. The van der Waals surface area contributed by atoms with Crippen LogP contribution in [0.4, 0.5) is 4.39 Å². The topological polar surface area (TPSA) is 38.5 Å². The van der Waals surface area contributed by atoms with E-state index in [4.69, 9.17) is 10.5 Å². The number of likely N-dealkylation sites (tertiary alicyclic amines) is 1.